The number of hydrogen-bond acceptors (Lipinski definition) is 6. The molecule has 9 heteroatoms. The lowest BCUT2D eigenvalue weighted by atomic mass is 10.1. The number of hydrogen-bond donors (Lipinski definition) is 1. The molecule has 2 amide bonds. The van der Waals surface area contributed by atoms with Crippen LogP contribution in [0.4, 0.5) is 20.6 Å². The summed E-state index contributed by atoms with van der Waals surface area (Å²) >= 11 is 0. The fourth-order valence-electron chi connectivity index (χ4n) is 5.20. The Bertz CT molecular complexity index is 1260. The number of methoxy groups -OCH3 is 1. The van der Waals surface area contributed by atoms with Gasteiger partial charge in [-0.1, -0.05) is 17.7 Å². The maximum absolute atomic E-state index is 15.1. The van der Waals surface area contributed by atoms with E-state index in [0.717, 1.165) is 24.2 Å². The topological polar surface area (TPSA) is 70.2 Å². The molecular formula is C29H36FN5O3. The van der Waals surface area contributed by atoms with Gasteiger partial charge in [0, 0.05) is 49.9 Å². The summed E-state index contributed by atoms with van der Waals surface area (Å²) in [5.74, 6) is 0.781. The summed E-state index contributed by atoms with van der Waals surface area (Å²) in [5.41, 5.74) is 3.02. The first-order valence-electron chi connectivity index (χ1n) is 13.4. The lowest BCUT2D eigenvalue weighted by molar-refractivity contribution is 0.208. The van der Waals surface area contributed by atoms with E-state index in [1.54, 1.807) is 12.0 Å². The molecule has 0 saturated carbocycles. The maximum Gasteiger partial charge on any atom is 0.321 e. The summed E-state index contributed by atoms with van der Waals surface area (Å²) in [4.78, 5) is 23.3. The number of likely N-dealkylation sites (tertiary alicyclic amines) is 1. The molecule has 8 nitrogen and oxygen atoms in total. The van der Waals surface area contributed by atoms with Gasteiger partial charge in [0.05, 0.1) is 31.1 Å². The number of benzene rings is 2. The van der Waals surface area contributed by atoms with Gasteiger partial charge in [-0.2, -0.15) is 0 Å². The predicted octanol–water partition coefficient (Wildman–Crippen LogP) is 4.91. The highest BCUT2D eigenvalue weighted by Crippen LogP contribution is 2.37. The van der Waals surface area contributed by atoms with Gasteiger partial charge in [-0.15, -0.1) is 0 Å². The van der Waals surface area contributed by atoms with Gasteiger partial charge in [-0.25, -0.2) is 9.18 Å². The average Bonchev–Trinajstić information content (AvgIpc) is 3.46. The highest BCUT2D eigenvalue weighted by Gasteiger charge is 2.25. The Kier molecular flexibility index (Phi) is 8.12. The zero-order valence-corrected chi connectivity index (χ0v) is 22.2. The molecule has 38 heavy (non-hydrogen) atoms. The van der Waals surface area contributed by atoms with E-state index in [-0.39, 0.29) is 6.03 Å². The highest BCUT2D eigenvalue weighted by atomic mass is 19.1. The zero-order valence-electron chi connectivity index (χ0n) is 22.2. The first-order valence-corrected chi connectivity index (χ1v) is 13.4. The summed E-state index contributed by atoms with van der Waals surface area (Å²) in [6, 6.07) is 11.2. The van der Waals surface area contributed by atoms with Gasteiger partial charge in [0.1, 0.15) is 0 Å². The van der Waals surface area contributed by atoms with Crippen molar-refractivity contribution in [3.8, 4) is 11.5 Å². The van der Waals surface area contributed by atoms with Crippen LogP contribution in [0.5, 0.6) is 11.5 Å². The normalized spacial score (nSPS) is 16.2. The number of nitrogens with one attached hydrogen (secondary N) is 1. The van der Waals surface area contributed by atoms with E-state index in [1.165, 1.54) is 32.1 Å². The number of carbonyl (C=O) groups is 1. The van der Waals surface area contributed by atoms with E-state index in [1.807, 2.05) is 48.2 Å². The van der Waals surface area contributed by atoms with E-state index < -0.39 is 5.82 Å². The zero-order chi connectivity index (χ0) is 26.5. The van der Waals surface area contributed by atoms with Crippen LogP contribution in [0.2, 0.25) is 0 Å². The molecule has 2 aliphatic rings. The van der Waals surface area contributed by atoms with Gasteiger partial charge in [0.15, 0.2) is 17.3 Å². The van der Waals surface area contributed by atoms with Crippen LogP contribution in [0, 0.1) is 12.7 Å². The minimum absolute atomic E-state index is 0.151. The number of pyridine rings is 1. The largest absolute Gasteiger partial charge is 0.493 e. The summed E-state index contributed by atoms with van der Waals surface area (Å²) in [6.07, 6.45) is 4.75. The number of aryl methyl sites for hydroxylation is 1. The molecule has 1 aromatic heterocycles. The lowest BCUT2D eigenvalue weighted by Gasteiger charge is -2.36. The fourth-order valence-corrected chi connectivity index (χ4v) is 5.20. The number of rotatable bonds is 8. The molecule has 0 spiro atoms. The third-order valence-electron chi connectivity index (χ3n) is 7.34. The van der Waals surface area contributed by atoms with Crippen molar-refractivity contribution in [1.82, 2.24) is 14.8 Å². The number of amides is 2. The van der Waals surface area contributed by atoms with Crippen molar-refractivity contribution in [1.29, 1.82) is 0 Å². The Labute approximate surface area is 223 Å². The second-order valence-electron chi connectivity index (χ2n) is 10.00. The third-order valence-corrected chi connectivity index (χ3v) is 7.34. The molecule has 0 bridgehead atoms. The molecule has 0 aliphatic carbocycles. The summed E-state index contributed by atoms with van der Waals surface area (Å²) in [5, 5.41) is 3.61. The molecule has 3 heterocycles. The van der Waals surface area contributed by atoms with Gasteiger partial charge in [0.2, 0.25) is 0 Å². The van der Waals surface area contributed by atoms with Gasteiger partial charge in [-0.3, -0.25) is 4.98 Å². The van der Waals surface area contributed by atoms with Crippen molar-refractivity contribution in [3.05, 3.63) is 54.0 Å². The number of piperazine rings is 1. The SMILES string of the molecule is COc1cc2c(N3CCN(C(=O)Nc4ccc(C)cc4)CC3)c(F)cnc2cc1OCCCN1CCCC1. The van der Waals surface area contributed by atoms with Crippen LogP contribution in [-0.4, -0.2) is 80.3 Å². The molecule has 3 aromatic rings. The van der Waals surface area contributed by atoms with Crippen LogP contribution in [0.1, 0.15) is 24.8 Å². The molecular weight excluding hydrogens is 485 g/mol. The standard InChI is InChI=1S/C29H36FN5O3/c1-21-6-8-22(9-7-21)32-29(36)35-15-13-34(14-16-35)28-23-18-26(37-2)27(19-25(23)31-20-24(28)30)38-17-5-12-33-10-3-4-11-33/h6-9,18-20H,3-5,10-17H2,1-2H3,(H,32,36). The van der Waals surface area contributed by atoms with Crippen molar-refractivity contribution in [2.24, 2.45) is 0 Å². The van der Waals surface area contributed by atoms with E-state index in [9.17, 15) is 4.79 Å². The monoisotopic (exact) mass is 521 g/mol. The van der Waals surface area contributed by atoms with Gasteiger partial charge < -0.3 is 29.5 Å². The first kappa shape index (κ1) is 26.0. The van der Waals surface area contributed by atoms with Crippen molar-refractivity contribution >= 4 is 28.3 Å². The lowest BCUT2D eigenvalue weighted by Crippen LogP contribution is -2.50. The van der Waals surface area contributed by atoms with E-state index >= 15 is 4.39 Å². The number of halogens is 1. The number of urea groups is 1. The quantitative estimate of drug-likeness (QED) is 0.425. The third kappa shape index (κ3) is 5.93. The van der Waals surface area contributed by atoms with E-state index in [4.69, 9.17) is 9.47 Å². The fraction of sp³-hybridized carbons (Fsp3) is 0.448. The van der Waals surface area contributed by atoms with Gasteiger partial charge in [0.25, 0.3) is 0 Å². The van der Waals surface area contributed by atoms with Crippen molar-refractivity contribution in [3.63, 3.8) is 0 Å². The van der Waals surface area contributed by atoms with Crippen molar-refractivity contribution in [2.75, 3.05) is 69.7 Å². The summed E-state index contributed by atoms with van der Waals surface area (Å²) in [6.45, 7) is 7.94. The van der Waals surface area contributed by atoms with Gasteiger partial charge in [-0.05, 0) is 57.5 Å². The number of carbonyl (C=O) groups excluding carboxylic acids is 1. The average molecular weight is 522 g/mol. The number of anilines is 2. The van der Waals surface area contributed by atoms with Crippen molar-refractivity contribution < 1.29 is 18.7 Å². The smallest absolute Gasteiger partial charge is 0.321 e. The molecule has 2 fully saturated rings. The molecule has 0 atom stereocenters. The van der Waals surface area contributed by atoms with E-state index in [0.29, 0.717) is 60.9 Å². The Hall–Kier alpha value is -3.59. The number of aromatic nitrogens is 1. The van der Waals surface area contributed by atoms with Crippen LogP contribution >= 0.6 is 0 Å². The van der Waals surface area contributed by atoms with Gasteiger partial charge >= 0.3 is 6.03 Å². The Morgan fingerprint density at radius 1 is 1.03 bits per heavy atom. The molecule has 1 N–H and O–H groups in total. The van der Waals surface area contributed by atoms with Crippen LogP contribution in [0.25, 0.3) is 10.9 Å². The maximum atomic E-state index is 15.1. The van der Waals surface area contributed by atoms with Crippen LogP contribution < -0.4 is 19.7 Å². The van der Waals surface area contributed by atoms with Crippen LogP contribution in [-0.2, 0) is 0 Å². The van der Waals surface area contributed by atoms with Crippen LogP contribution in [0.15, 0.2) is 42.6 Å². The predicted molar refractivity (Wildman–Crippen MR) is 148 cm³/mol. The second-order valence-corrected chi connectivity index (χ2v) is 10.00. The Morgan fingerprint density at radius 3 is 2.47 bits per heavy atom. The Balaban J connectivity index is 1.25. The molecule has 2 saturated heterocycles. The molecule has 5 rings (SSSR count). The van der Waals surface area contributed by atoms with Crippen molar-refractivity contribution in [2.45, 2.75) is 26.2 Å². The molecule has 0 unspecified atom stereocenters. The number of ether oxygens (including phenoxy) is 2. The summed E-state index contributed by atoms with van der Waals surface area (Å²) in [7, 11) is 1.59. The second kappa shape index (κ2) is 11.9. The van der Waals surface area contributed by atoms with E-state index in [2.05, 4.69) is 15.2 Å². The minimum Gasteiger partial charge on any atom is -0.493 e. The highest BCUT2D eigenvalue weighted by molar-refractivity contribution is 5.94. The molecule has 2 aromatic carbocycles. The summed E-state index contributed by atoms with van der Waals surface area (Å²) < 4.78 is 26.8. The number of fused-ring (bicyclic) bond motifs is 1. The molecule has 202 valence electrons. The molecule has 0 radical (unpaired) electrons. The first-order chi connectivity index (χ1) is 18.5. The number of nitrogens with zero attached hydrogens (tertiary/aromatic N) is 4. The van der Waals surface area contributed by atoms with Crippen LogP contribution in [0.3, 0.4) is 0 Å². The Morgan fingerprint density at radius 2 is 1.76 bits per heavy atom. The minimum atomic E-state index is -0.392. The molecule has 2 aliphatic heterocycles.